The van der Waals surface area contributed by atoms with Crippen LogP contribution in [0.25, 0.3) is 0 Å². The SMILES string of the molecule is Cc1ccccc1OCC(=O)O[C@@H](C)C(=O)Nc1ccccc1F. The number of benzene rings is 2. The number of esters is 1. The van der Waals surface area contributed by atoms with Crippen molar-refractivity contribution in [1.82, 2.24) is 0 Å². The highest BCUT2D eigenvalue weighted by molar-refractivity contribution is 5.95. The lowest BCUT2D eigenvalue weighted by Crippen LogP contribution is -2.32. The highest BCUT2D eigenvalue weighted by Crippen LogP contribution is 2.16. The van der Waals surface area contributed by atoms with Crippen LogP contribution < -0.4 is 10.1 Å². The third-order valence-corrected chi connectivity index (χ3v) is 3.25. The third kappa shape index (κ3) is 4.81. The number of halogens is 1. The summed E-state index contributed by atoms with van der Waals surface area (Å²) in [5.74, 6) is -1.30. The lowest BCUT2D eigenvalue weighted by Gasteiger charge is -2.14. The van der Waals surface area contributed by atoms with Crippen LogP contribution in [0.15, 0.2) is 48.5 Å². The van der Waals surface area contributed by atoms with Gasteiger partial charge in [-0.2, -0.15) is 0 Å². The molecule has 24 heavy (non-hydrogen) atoms. The van der Waals surface area contributed by atoms with Crippen molar-refractivity contribution < 1.29 is 23.5 Å². The van der Waals surface area contributed by atoms with E-state index in [1.807, 2.05) is 19.1 Å². The predicted molar refractivity (Wildman–Crippen MR) is 87.3 cm³/mol. The Kier molecular flexibility index (Phi) is 5.89. The smallest absolute Gasteiger partial charge is 0.344 e. The fraction of sp³-hybridized carbons (Fsp3) is 0.222. The summed E-state index contributed by atoms with van der Waals surface area (Å²) in [6.07, 6.45) is -1.07. The number of carbonyl (C=O) groups excluding carboxylic acids is 2. The molecule has 1 amide bonds. The maximum absolute atomic E-state index is 13.5. The molecule has 0 fully saturated rings. The number of aryl methyl sites for hydroxylation is 1. The largest absolute Gasteiger partial charge is 0.482 e. The topological polar surface area (TPSA) is 64.6 Å². The molecule has 0 spiro atoms. The van der Waals surface area contributed by atoms with Crippen LogP contribution in [0.4, 0.5) is 10.1 Å². The zero-order valence-electron chi connectivity index (χ0n) is 13.4. The first-order chi connectivity index (χ1) is 11.5. The van der Waals surface area contributed by atoms with Crippen molar-refractivity contribution in [2.75, 3.05) is 11.9 Å². The number of hydrogen-bond donors (Lipinski definition) is 1. The molecule has 6 heteroatoms. The van der Waals surface area contributed by atoms with Crippen LogP contribution in [0.2, 0.25) is 0 Å². The van der Waals surface area contributed by atoms with Crippen LogP contribution in [0.5, 0.6) is 5.75 Å². The maximum Gasteiger partial charge on any atom is 0.344 e. The van der Waals surface area contributed by atoms with E-state index in [9.17, 15) is 14.0 Å². The van der Waals surface area contributed by atoms with Gasteiger partial charge in [0.25, 0.3) is 5.91 Å². The molecular weight excluding hydrogens is 313 g/mol. The number of ether oxygens (including phenoxy) is 2. The summed E-state index contributed by atoms with van der Waals surface area (Å²) in [4.78, 5) is 23.7. The number of rotatable bonds is 6. The van der Waals surface area contributed by atoms with Gasteiger partial charge in [0.2, 0.25) is 0 Å². The van der Waals surface area contributed by atoms with E-state index >= 15 is 0 Å². The molecule has 0 unspecified atom stereocenters. The summed E-state index contributed by atoms with van der Waals surface area (Å²) in [6.45, 7) is 2.94. The van der Waals surface area contributed by atoms with Crippen molar-refractivity contribution in [3.05, 3.63) is 59.9 Å². The number of anilines is 1. The number of para-hydroxylation sites is 2. The van der Waals surface area contributed by atoms with Crippen molar-refractivity contribution >= 4 is 17.6 Å². The van der Waals surface area contributed by atoms with E-state index in [0.29, 0.717) is 5.75 Å². The van der Waals surface area contributed by atoms with Crippen LogP contribution in [0, 0.1) is 12.7 Å². The van der Waals surface area contributed by atoms with Gasteiger partial charge in [-0.25, -0.2) is 9.18 Å². The molecule has 2 aromatic carbocycles. The fourth-order valence-corrected chi connectivity index (χ4v) is 1.94. The van der Waals surface area contributed by atoms with Gasteiger partial charge >= 0.3 is 5.97 Å². The first-order valence-electron chi connectivity index (χ1n) is 7.40. The summed E-state index contributed by atoms with van der Waals surface area (Å²) >= 11 is 0. The number of hydrogen-bond acceptors (Lipinski definition) is 4. The van der Waals surface area contributed by atoms with Crippen molar-refractivity contribution in [1.29, 1.82) is 0 Å². The third-order valence-electron chi connectivity index (χ3n) is 3.25. The highest BCUT2D eigenvalue weighted by Gasteiger charge is 2.19. The standard InChI is InChI=1S/C18H18FNO4/c1-12-7-3-6-10-16(12)23-11-17(21)24-13(2)18(22)20-15-9-5-4-8-14(15)19/h3-10,13H,11H2,1-2H3,(H,20,22)/t13-/m0/s1. The summed E-state index contributed by atoms with van der Waals surface area (Å²) in [7, 11) is 0. The first kappa shape index (κ1) is 17.5. The molecule has 2 rings (SSSR count). The quantitative estimate of drug-likeness (QED) is 0.826. The molecule has 0 saturated carbocycles. The molecule has 0 heterocycles. The Balaban J connectivity index is 1.84. The first-order valence-corrected chi connectivity index (χ1v) is 7.40. The minimum absolute atomic E-state index is 0.0292. The molecule has 5 nitrogen and oxygen atoms in total. The lowest BCUT2D eigenvalue weighted by atomic mass is 10.2. The number of nitrogens with one attached hydrogen (secondary N) is 1. The minimum Gasteiger partial charge on any atom is -0.482 e. The van der Waals surface area contributed by atoms with Gasteiger partial charge in [0.1, 0.15) is 11.6 Å². The van der Waals surface area contributed by atoms with E-state index in [1.54, 1.807) is 18.2 Å². The van der Waals surface area contributed by atoms with Gasteiger partial charge < -0.3 is 14.8 Å². The highest BCUT2D eigenvalue weighted by atomic mass is 19.1. The minimum atomic E-state index is -1.07. The Hall–Kier alpha value is -2.89. The molecule has 0 radical (unpaired) electrons. The van der Waals surface area contributed by atoms with Gasteiger partial charge in [-0.3, -0.25) is 4.79 Å². The summed E-state index contributed by atoms with van der Waals surface area (Å²) in [5.41, 5.74) is 0.914. The molecule has 0 bridgehead atoms. The summed E-state index contributed by atoms with van der Waals surface area (Å²) in [5, 5.41) is 2.37. The maximum atomic E-state index is 13.5. The molecule has 0 saturated heterocycles. The van der Waals surface area contributed by atoms with Crippen molar-refractivity contribution in [2.24, 2.45) is 0 Å². The van der Waals surface area contributed by atoms with Gasteiger partial charge in [-0.1, -0.05) is 30.3 Å². The van der Waals surface area contributed by atoms with Crippen molar-refractivity contribution in [3.8, 4) is 5.75 Å². The van der Waals surface area contributed by atoms with Gasteiger partial charge in [0, 0.05) is 0 Å². The van der Waals surface area contributed by atoms with Crippen LogP contribution in [-0.4, -0.2) is 24.6 Å². The number of carbonyl (C=O) groups is 2. The van der Waals surface area contributed by atoms with Crippen LogP contribution >= 0.6 is 0 Å². The molecule has 0 aliphatic carbocycles. The van der Waals surface area contributed by atoms with Crippen molar-refractivity contribution in [2.45, 2.75) is 20.0 Å². The van der Waals surface area contributed by atoms with E-state index in [1.165, 1.54) is 25.1 Å². The monoisotopic (exact) mass is 331 g/mol. The Labute approximate surface area is 139 Å². The van der Waals surface area contributed by atoms with Gasteiger partial charge in [-0.05, 0) is 37.6 Å². The molecule has 0 aliphatic heterocycles. The van der Waals surface area contributed by atoms with E-state index in [4.69, 9.17) is 9.47 Å². The Morgan fingerprint density at radius 3 is 2.50 bits per heavy atom. The van der Waals surface area contributed by atoms with Crippen LogP contribution in [0.1, 0.15) is 12.5 Å². The second-order valence-electron chi connectivity index (χ2n) is 5.16. The Bertz CT molecular complexity index is 732. The molecule has 0 aliphatic rings. The Morgan fingerprint density at radius 2 is 1.79 bits per heavy atom. The molecular formula is C18H18FNO4. The molecule has 1 atom stereocenters. The summed E-state index contributed by atoms with van der Waals surface area (Å²) in [6, 6.07) is 13.0. The molecule has 2 aromatic rings. The molecule has 0 aromatic heterocycles. The average molecular weight is 331 g/mol. The second-order valence-corrected chi connectivity index (χ2v) is 5.16. The molecule has 1 N–H and O–H groups in total. The van der Waals surface area contributed by atoms with Gasteiger partial charge in [0.15, 0.2) is 12.7 Å². The predicted octanol–water partition coefficient (Wildman–Crippen LogP) is 3.08. The van der Waals surface area contributed by atoms with Crippen LogP contribution in [0.3, 0.4) is 0 Å². The Morgan fingerprint density at radius 1 is 1.12 bits per heavy atom. The second kappa shape index (κ2) is 8.10. The molecule has 126 valence electrons. The van der Waals surface area contributed by atoms with Crippen molar-refractivity contribution in [3.63, 3.8) is 0 Å². The zero-order valence-corrected chi connectivity index (χ0v) is 13.4. The average Bonchev–Trinajstić information content (AvgIpc) is 2.56. The van der Waals surface area contributed by atoms with E-state index < -0.39 is 23.8 Å². The van der Waals surface area contributed by atoms with Gasteiger partial charge in [0.05, 0.1) is 5.69 Å². The fourth-order valence-electron chi connectivity index (χ4n) is 1.94. The number of amides is 1. The van der Waals surface area contributed by atoms with E-state index in [2.05, 4.69) is 5.32 Å². The zero-order chi connectivity index (χ0) is 17.5. The lowest BCUT2D eigenvalue weighted by molar-refractivity contribution is -0.155. The van der Waals surface area contributed by atoms with Crippen LogP contribution in [-0.2, 0) is 14.3 Å². The van der Waals surface area contributed by atoms with E-state index in [-0.39, 0.29) is 12.3 Å². The summed E-state index contributed by atoms with van der Waals surface area (Å²) < 4.78 is 23.8. The van der Waals surface area contributed by atoms with E-state index in [0.717, 1.165) is 5.56 Å². The van der Waals surface area contributed by atoms with Gasteiger partial charge in [-0.15, -0.1) is 0 Å². The normalized spacial score (nSPS) is 11.5.